The molecule has 1 fully saturated rings. The Labute approximate surface area is 191 Å². The minimum atomic E-state index is -0.940. The molecule has 0 radical (unpaired) electrons. The van der Waals surface area contributed by atoms with Gasteiger partial charge in [-0.25, -0.2) is 23.4 Å². The van der Waals surface area contributed by atoms with Gasteiger partial charge in [-0.2, -0.15) is 5.10 Å². The van der Waals surface area contributed by atoms with Crippen LogP contribution < -0.4 is 15.2 Å². The van der Waals surface area contributed by atoms with Gasteiger partial charge in [-0.15, -0.1) is 0 Å². The lowest BCUT2D eigenvalue weighted by molar-refractivity contribution is -0.126. The van der Waals surface area contributed by atoms with Crippen molar-refractivity contribution in [3.05, 3.63) is 60.6 Å². The average Bonchev–Trinajstić information content (AvgIpc) is 3.29. The van der Waals surface area contributed by atoms with Gasteiger partial charge in [0.1, 0.15) is 47.5 Å². The van der Waals surface area contributed by atoms with Crippen molar-refractivity contribution in [2.45, 2.75) is 25.0 Å². The van der Waals surface area contributed by atoms with Crippen molar-refractivity contribution in [3.63, 3.8) is 0 Å². The topological polar surface area (TPSA) is 110 Å². The van der Waals surface area contributed by atoms with E-state index in [4.69, 9.17) is 20.2 Å². The normalized spacial score (nSPS) is 15.6. The highest BCUT2D eigenvalue weighted by molar-refractivity contribution is 5.87. The lowest BCUT2D eigenvalue weighted by atomic mass is 10.1. The Hall–Kier alpha value is -4.28. The van der Waals surface area contributed by atoms with E-state index < -0.39 is 23.1 Å². The van der Waals surface area contributed by atoms with E-state index in [1.807, 2.05) is 4.57 Å². The number of fused-ring (bicyclic) bond motifs is 3. The SMILES string of the molecule is NC(=O)C1(Oc2ccc3c(c2)OCCn2cc(-c4ncnn4-c4ccc(F)cc4F)nc2-3)CC1. The second kappa shape index (κ2) is 7.37. The van der Waals surface area contributed by atoms with Gasteiger partial charge in [-0.05, 0) is 24.3 Å². The predicted octanol–water partition coefficient (Wildman–Crippen LogP) is 2.87. The first-order chi connectivity index (χ1) is 16.4. The lowest BCUT2D eigenvalue weighted by Crippen LogP contribution is -2.35. The third-order valence-corrected chi connectivity index (χ3v) is 5.94. The summed E-state index contributed by atoms with van der Waals surface area (Å²) >= 11 is 0. The minimum Gasteiger partial charge on any atom is -0.491 e. The summed E-state index contributed by atoms with van der Waals surface area (Å²) in [6.45, 7) is 0.886. The van der Waals surface area contributed by atoms with Gasteiger partial charge in [0.25, 0.3) is 5.91 Å². The van der Waals surface area contributed by atoms with Crippen LogP contribution in [0, 0.1) is 11.6 Å². The molecular weight excluding hydrogens is 446 g/mol. The molecule has 4 aromatic rings. The largest absolute Gasteiger partial charge is 0.491 e. The number of imidazole rings is 1. The van der Waals surface area contributed by atoms with Crippen molar-refractivity contribution in [2.24, 2.45) is 5.73 Å². The van der Waals surface area contributed by atoms with Crippen LogP contribution in [0.2, 0.25) is 0 Å². The summed E-state index contributed by atoms with van der Waals surface area (Å²) in [7, 11) is 0. The van der Waals surface area contributed by atoms with Crippen LogP contribution >= 0.6 is 0 Å². The maximum absolute atomic E-state index is 14.4. The molecule has 11 heteroatoms. The van der Waals surface area contributed by atoms with Crippen molar-refractivity contribution in [1.29, 1.82) is 0 Å². The third-order valence-electron chi connectivity index (χ3n) is 5.94. The Morgan fingerprint density at radius 3 is 2.76 bits per heavy atom. The number of rotatable bonds is 5. The summed E-state index contributed by atoms with van der Waals surface area (Å²) in [5.41, 5.74) is 5.77. The second-order valence-corrected chi connectivity index (χ2v) is 8.20. The van der Waals surface area contributed by atoms with Gasteiger partial charge in [-0.1, -0.05) is 0 Å². The number of hydrogen-bond donors (Lipinski definition) is 1. The summed E-state index contributed by atoms with van der Waals surface area (Å²) in [6.07, 6.45) is 4.25. The molecule has 0 saturated heterocycles. The zero-order valence-corrected chi connectivity index (χ0v) is 17.7. The molecule has 1 aliphatic carbocycles. The Kier molecular flexibility index (Phi) is 4.41. The van der Waals surface area contributed by atoms with E-state index in [1.165, 1.54) is 17.1 Å². The zero-order valence-electron chi connectivity index (χ0n) is 17.7. The number of benzene rings is 2. The molecule has 3 heterocycles. The van der Waals surface area contributed by atoms with E-state index in [0.717, 1.165) is 17.7 Å². The van der Waals surface area contributed by atoms with E-state index in [0.29, 0.717) is 54.8 Å². The molecule has 2 aromatic carbocycles. The van der Waals surface area contributed by atoms with Crippen LogP contribution in [-0.2, 0) is 11.3 Å². The van der Waals surface area contributed by atoms with Gasteiger partial charge in [0.2, 0.25) is 0 Å². The lowest BCUT2D eigenvalue weighted by Gasteiger charge is -2.16. The molecule has 2 aliphatic rings. The number of halogens is 2. The molecule has 9 nitrogen and oxygen atoms in total. The number of carbonyl (C=O) groups excluding carboxylic acids is 1. The van der Waals surface area contributed by atoms with Crippen LogP contribution in [-0.4, -0.2) is 42.4 Å². The first-order valence-electron chi connectivity index (χ1n) is 10.6. The van der Waals surface area contributed by atoms with Gasteiger partial charge in [0.05, 0.1) is 12.1 Å². The Bertz CT molecular complexity index is 1440. The standard InChI is InChI=1S/C23H18F2N6O3/c24-13-1-4-18(16(25)9-13)31-21(27-12-28-31)17-11-30-7-8-33-19-10-14(2-3-15(19)20(30)29-17)34-23(5-6-23)22(26)32/h1-4,9-12H,5-8H2,(H2,26,32). The number of hydrogen-bond acceptors (Lipinski definition) is 6. The predicted molar refractivity (Wildman–Crippen MR) is 115 cm³/mol. The molecule has 6 rings (SSSR count). The fourth-order valence-corrected chi connectivity index (χ4v) is 4.02. The fraction of sp³-hybridized carbons (Fsp3) is 0.217. The highest BCUT2D eigenvalue weighted by Gasteiger charge is 2.51. The Morgan fingerprint density at radius 1 is 1.15 bits per heavy atom. The van der Waals surface area contributed by atoms with Crippen molar-refractivity contribution in [3.8, 4) is 40.1 Å². The quantitative estimate of drug-likeness (QED) is 0.486. The smallest absolute Gasteiger partial charge is 0.261 e. The number of nitrogens with two attached hydrogens (primary N) is 1. The van der Waals surface area contributed by atoms with E-state index in [1.54, 1.807) is 24.4 Å². The van der Waals surface area contributed by atoms with Crippen LogP contribution in [0.1, 0.15) is 12.8 Å². The maximum atomic E-state index is 14.4. The van der Waals surface area contributed by atoms with Crippen molar-refractivity contribution >= 4 is 5.91 Å². The summed E-state index contributed by atoms with van der Waals surface area (Å²) in [5.74, 6) is 0.0554. The van der Waals surface area contributed by atoms with Crippen LogP contribution in [0.25, 0.3) is 28.6 Å². The van der Waals surface area contributed by atoms with Crippen LogP contribution in [0.5, 0.6) is 11.5 Å². The van der Waals surface area contributed by atoms with Crippen LogP contribution in [0.4, 0.5) is 8.78 Å². The zero-order chi connectivity index (χ0) is 23.4. The van der Waals surface area contributed by atoms with E-state index in [2.05, 4.69) is 10.1 Å². The van der Waals surface area contributed by atoms with Crippen LogP contribution in [0.3, 0.4) is 0 Å². The molecule has 0 unspecified atom stereocenters. The van der Waals surface area contributed by atoms with Gasteiger partial charge >= 0.3 is 0 Å². The van der Waals surface area contributed by atoms with E-state index in [9.17, 15) is 13.6 Å². The number of ether oxygens (including phenoxy) is 2. The minimum absolute atomic E-state index is 0.0612. The average molecular weight is 464 g/mol. The Morgan fingerprint density at radius 2 is 2.00 bits per heavy atom. The first-order valence-corrected chi connectivity index (χ1v) is 10.6. The number of carbonyl (C=O) groups is 1. The first kappa shape index (κ1) is 20.3. The highest BCUT2D eigenvalue weighted by atomic mass is 19.1. The van der Waals surface area contributed by atoms with E-state index in [-0.39, 0.29) is 5.69 Å². The van der Waals surface area contributed by atoms with Gasteiger partial charge < -0.3 is 19.8 Å². The summed E-state index contributed by atoms with van der Waals surface area (Å²) in [6, 6.07) is 8.52. The highest BCUT2D eigenvalue weighted by Crippen LogP contribution is 2.42. The molecule has 1 aliphatic heterocycles. The molecule has 0 atom stereocenters. The molecule has 0 spiro atoms. The molecule has 1 saturated carbocycles. The monoisotopic (exact) mass is 464 g/mol. The Balaban J connectivity index is 1.37. The van der Waals surface area contributed by atoms with Gasteiger partial charge in [0.15, 0.2) is 17.2 Å². The molecular formula is C23H18F2N6O3. The van der Waals surface area contributed by atoms with E-state index >= 15 is 0 Å². The number of nitrogens with zero attached hydrogens (tertiary/aromatic N) is 5. The van der Waals surface area contributed by atoms with Crippen LogP contribution in [0.15, 0.2) is 48.9 Å². The van der Waals surface area contributed by atoms with Crippen molar-refractivity contribution in [1.82, 2.24) is 24.3 Å². The molecule has 1 amide bonds. The molecule has 172 valence electrons. The third kappa shape index (κ3) is 3.28. The number of aromatic nitrogens is 5. The molecule has 2 aromatic heterocycles. The maximum Gasteiger partial charge on any atom is 0.261 e. The molecule has 34 heavy (non-hydrogen) atoms. The summed E-state index contributed by atoms with van der Waals surface area (Å²) < 4.78 is 42.7. The fourth-order valence-electron chi connectivity index (χ4n) is 4.02. The summed E-state index contributed by atoms with van der Waals surface area (Å²) in [4.78, 5) is 20.6. The summed E-state index contributed by atoms with van der Waals surface area (Å²) in [5, 5.41) is 4.10. The van der Waals surface area contributed by atoms with Gasteiger partial charge in [-0.3, -0.25) is 4.79 Å². The second-order valence-electron chi connectivity index (χ2n) is 8.20. The van der Waals surface area contributed by atoms with Crippen molar-refractivity contribution < 1.29 is 23.0 Å². The molecule has 0 bridgehead atoms. The number of amides is 1. The van der Waals surface area contributed by atoms with Gasteiger partial charge in [0, 0.05) is 31.2 Å². The van der Waals surface area contributed by atoms with Crippen molar-refractivity contribution in [2.75, 3.05) is 6.61 Å². The number of primary amides is 1. The molecule has 2 N–H and O–H groups in total.